The molecule has 4 heteroatoms. The van der Waals surface area contributed by atoms with E-state index in [0.29, 0.717) is 0 Å². The number of carbonyl (C=O) groups is 1. The van der Waals surface area contributed by atoms with Gasteiger partial charge >= 0.3 is 0 Å². The predicted molar refractivity (Wildman–Crippen MR) is 69.9 cm³/mol. The molecule has 0 atom stereocenters. The number of nitrogens with one attached hydrogen (secondary N) is 1. The highest BCUT2D eigenvalue weighted by atomic mass is 19.1. The molecule has 0 spiro atoms. The average molecular weight is 267 g/mol. The van der Waals surface area contributed by atoms with Gasteiger partial charge in [0.15, 0.2) is 0 Å². The van der Waals surface area contributed by atoms with E-state index in [4.69, 9.17) is 0 Å². The van der Waals surface area contributed by atoms with E-state index in [1.165, 1.54) is 6.42 Å². The minimum atomic E-state index is -0.722. The molecular formula is C15H19F2NO. The fourth-order valence-corrected chi connectivity index (χ4v) is 2.67. The summed E-state index contributed by atoms with van der Waals surface area (Å²) >= 11 is 0. The fourth-order valence-electron chi connectivity index (χ4n) is 2.67. The van der Waals surface area contributed by atoms with Crippen LogP contribution in [0.1, 0.15) is 49.4 Å². The van der Waals surface area contributed by atoms with Crippen molar-refractivity contribution in [1.82, 2.24) is 5.32 Å². The Morgan fingerprint density at radius 1 is 1.16 bits per heavy atom. The lowest BCUT2D eigenvalue weighted by molar-refractivity contribution is 0.0920. The first-order valence-electron chi connectivity index (χ1n) is 6.85. The van der Waals surface area contributed by atoms with Crippen molar-refractivity contribution in [2.45, 2.75) is 45.1 Å². The van der Waals surface area contributed by atoms with Gasteiger partial charge in [-0.25, -0.2) is 8.78 Å². The van der Waals surface area contributed by atoms with Crippen molar-refractivity contribution in [2.24, 2.45) is 5.92 Å². The minimum absolute atomic E-state index is 0.0510. The molecule has 1 aromatic rings. The Morgan fingerprint density at radius 2 is 1.74 bits per heavy atom. The molecule has 1 aliphatic rings. The molecule has 1 aromatic carbocycles. The third-order valence-corrected chi connectivity index (χ3v) is 3.88. The van der Waals surface area contributed by atoms with Crippen LogP contribution in [0.2, 0.25) is 0 Å². The van der Waals surface area contributed by atoms with E-state index in [9.17, 15) is 13.6 Å². The van der Waals surface area contributed by atoms with Gasteiger partial charge in [-0.2, -0.15) is 0 Å². The van der Waals surface area contributed by atoms with Gasteiger partial charge in [0.25, 0.3) is 5.91 Å². The molecule has 0 aliphatic heterocycles. The molecule has 1 amide bonds. The lowest BCUT2D eigenvalue weighted by Gasteiger charge is -2.28. The van der Waals surface area contributed by atoms with Gasteiger partial charge in [-0.05, 0) is 43.7 Å². The summed E-state index contributed by atoms with van der Waals surface area (Å²) < 4.78 is 26.1. The molecule has 1 aliphatic carbocycles. The second-order valence-corrected chi connectivity index (χ2v) is 5.26. The van der Waals surface area contributed by atoms with Crippen LogP contribution in [-0.2, 0) is 0 Å². The van der Waals surface area contributed by atoms with Crippen LogP contribution in [0.5, 0.6) is 0 Å². The largest absolute Gasteiger partial charge is 0.349 e. The van der Waals surface area contributed by atoms with E-state index in [1.54, 1.807) is 0 Å². The smallest absolute Gasteiger partial charge is 0.251 e. The lowest BCUT2D eigenvalue weighted by Crippen LogP contribution is -2.37. The van der Waals surface area contributed by atoms with Crippen LogP contribution in [0.4, 0.5) is 8.78 Å². The van der Waals surface area contributed by atoms with Gasteiger partial charge in [0.1, 0.15) is 11.6 Å². The summed E-state index contributed by atoms with van der Waals surface area (Å²) in [5, 5.41) is 2.86. The Kier molecular flexibility index (Phi) is 4.51. The van der Waals surface area contributed by atoms with Crippen LogP contribution in [-0.4, -0.2) is 11.9 Å². The van der Waals surface area contributed by atoms with Gasteiger partial charge < -0.3 is 5.32 Å². The zero-order chi connectivity index (χ0) is 13.8. The number of hydrogen-bond acceptors (Lipinski definition) is 1. The van der Waals surface area contributed by atoms with Crippen molar-refractivity contribution in [3.63, 3.8) is 0 Å². The maximum absolute atomic E-state index is 13.0. The molecule has 0 bridgehead atoms. The Labute approximate surface area is 112 Å². The molecule has 1 saturated carbocycles. The zero-order valence-electron chi connectivity index (χ0n) is 11.1. The van der Waals surface area contributed by atoms with E-state index in [2.05, 4.69) is 12.2 Å². The number of rotatable bonds is 3. The van der Waals surface area contributed by atoms with Crippen molar-refractivity contribution >= 4 is 5.91 Å². The second-order valence-electron chi connectivity index (χ2n) is 5.26. The number of carbonyl (C=O) groups excluding carboxylic acids is 1. The summed E-state index contributed by atoms with van der Waals surface area (Å²) in [5.74, 6) is -1.09. The molecule has 1 fully saturated rings. The maximum atomic E-state index is 13.0. The van der Waals surface area contributed by atoms with Crippen LogP contribution < -0.4 is 5.32 Å². The second kappa shape index (κ2) is 6.13. The minimum Gasteiger partial charge on any atom is -0.349 e. The molecule has 2 rings (SSSR count). The third kappa shape index (κ3) is 3.75. The van der Waals surface area contributed by atoms with E-state index in [0.717, 1.165) is 49.8 Å². The zero-order valence-corrected chi connectivity index (χ0v) is 11.1. The van der Waals surface area contributed by atoms with Crippen molar-refractivity contribution in [2.75, 3.05) is 0 Å². The summed E-state index contributed by atoms with van der Waals surface area (Å²) in [4.78, 5) is 11.9. The Balaban J connectivity index is 1.94. The maximum Gasteiger partial charge on any atom is 0.251 e. The highest BCUT2D eigenvalue weighted by molar-refractivity contribution is 5.94. The summed E-state index contributed by atoms with van der Waals surface area (Å²) in [6, 6.07) is 3.02. The standard InChI is InChI=1S/C15H19F2NO/c1-2-10-3-5-14(6-4-10)18-15(19)11-7-12(16)9-13(17)8-11/h7-10,14H,2-6H2,1H3,(H,18,19). The van der Waals surface area contributed by atoms with E-state index in [-0.39, 0.29) is 11.6 Å². The molecule has 0 aromatic heterocycles. The number of benzene rings is 1. The SMILES string of the molecule is CCC1CCC(NC(=O)c2cc(F)cc(F)c2)CC1. The van der Waals surface area contributed by atoms with E-state index in [1.807, 2.05) is 0 Å². The topological polar surface area (TPSA) is 29.1 Å². The first-order chi connectivity index (χ1) is 9.08. The number of amides is 1. The monoisotopic (exact) mass is 267 g/mol. The summed E-state index contributed by atoms with van der Waals surface area (Å²) in [6.07, 6.45) is 5.29. The molecule has 0 unspecified atom stereocenters. The van der Waals surface area contributed by atoms with Crippen LogP contribution in [0.15, 0.2) is 18.2 Å². The lowest BCUT2D eigenvalue weighted by atomic mass is 9.84. The Bertz CT molecular complexity index is 433. The summed E-state index contributed by atoms with van der Waals surface area (Å²) in [6.45, 7) is 2.18. The Morgan fingerprint density at radius 3 is 2.26 bits per heavy atom. The molecular weight excluding hydrogens is 248 g/mol. The van der Waals surface area contributed by atoms with Crippen molar-refractivity contribution in [3.8, 4) is 0 Å². The van der Waals surface area contributed by atoms with Crippen LogP contribution in [0.3, 0.4) is 0 Å². The molecule has 0 saturated heterocycles. The van der Waals surface area contributed by atoms with E-state index < -0.39 is 17.5 Å². The molecule has 0 radical (unpaired) electrons. The molecule has 1 N–H and O–H groups in total. The van der Waals surface area contributed by atoms with Crippen molar-refractivity contribution in [1.29, 1.82) is 0 Å². The highest BCUT2D eigenvalue weighted by Crippen LogP contribution is 2.26. The molecule has 0 heterocycles. The van der Waals surface area contributed by atoms with Crippen molar-refractivity contribution < 1.29 is 13.6 Å². The molecule has 19 heavy (non-hydrogen) atoms. The van der Waals surface area contributed by atoms with Gasteiger partial charge in [0.2, 0.25) is 0 Å². The van der Waals surface area contributed by atoms with Crippen LogP contribution in [0.25, 0.3) is 0 Å². The van der Waals surface area contributed by atoms with Gasteiger partial charge in [-0.1, -0.05) is 13.3 Å². The molecule has 2 nitrogen and oxygen atoms in total. The van der Waals surface area contributed by atoms with Crippen LogP contribution >= 0.6 is 0 Å². The summed E-state index contributed by atoms with van der Waals surface area (Å²) in [5.41, 5.74) is 0.0510. The number of halogens is 2. The molecule has 104 valence electrons. The quantitative estimate of drug-likeness (QED) is 0.889. The van der Waals surface area contributed by atoms with Crippen LogP contribution in [0, 0.1) is 17.6 Å². The summed E-state index contributed by atoms with van der Waals surface area (Å²) in [7, 11) is 0. The van der Waals surface area contributed by atoms with Crippen molar-refractivity contribution in [3.05, 3.63) is 35.4 Å². The highest BCUT2D eigenvalue weighted by Gasteiger charge is 2.22. The fraction of sp³-hybridized carbons (Fsp3) is 0.533. The van der Waals surface area contributed by atoms with Gasteiger partial charge in [0, 0.05) is 17.7 Å². The first kappa shape index (κ1) is 14.0. The Hall–Kier alpha value is -1.45. The number of hydrogen-bond donors (Lipinski definition) is 1. The van der Waals surface area contributed by atoms with Gasteiger partial charge in [0.05, 0.1) is 0 Å². The third-order valence-electron chi connectivity index (χ3n) is 3.88. The van der Waals surface area contributed by atoms with E-state index >= 15 is 0 Å². The predicted octanol–water partition coefficient (Wildman–Crippen LogP) is 3.66. The van der Waals surface area contributed by atoms with Gasteiger partial charge in [-0.3, -0.25) is 4.79 Å². The normalized spacial score (nSPS) is 23.1. The first-order valence-corrected chi connectivity index (χ1v) is 6.85. The van der Waals surface area contributed by atoms with Gasteiger partial charge in [-0.15, -0.1) is 0 Å². The average Bonchev–Trinajstić information content (AvgIpc) is 2.38.